The van der Waals surface area contributed by atoms with E-state index in [0.29, 0.717) is 25.2 Å². The normalized spacial score (nSPS) is 18.8. The zero-order valence-corrected chi connectivity index (χ0v) is 14.0. The van der Waals surface area contributed by atoms with Gasteiger partial charge in [-0.05, 0) is 46.2 Å². The second-order valence-corrected chi connectivity index (χ2v) is 6.16. The minimum atomic E-state index is 0.0327. The summed E-state index contributed by atoms with van der Waals surface area (Å²) in [5, 5.41) is 7.28. The summed E-state index contributed by atoms with van der Waals surface area (Å²) >= 11 is 0. The van der Waals surface area contributed by atoms with Gasteiger partial charge in [0.05, 0.1) is 6.54 Å². The fourth-order valence-corrected chi connectivity index (χ4v) is 3.13. The van der Waals surface area contributed by atoms with Crippen LogP contribution in [-0.2, 0) is 6.54 Å². The van der Waals surface area contributed by atoms with Crippen molar-refractivity contribution in [1.29, 1.82) is 0 Å². The van der Waals surface area contributed by atoms with Crippen LogP contribution in [0.25, 0.3) is 0 Å². The highest BCUT2D eigenvalue weighted by Gasteiger charge is 2.27. The maximum atomic E-state index is 12.3. The molecule has 1 aliphatic rings. The highest BCUT2D eigenvalue weighted by atomic mass is 16.2. The third-order valence-corrected chi connectivity index (χ3v) is 4.40. The molecule has 1 fully saturated rings. The van der Waals surface area contributed by atoms with E-state index in [1.807, 2.05) is 28.8 Å². The van der Waals surface area contributed by atoms with Crippen LogP contribution in [0.5, 0.6) is 0 Å². The van der Waals surface area contributed by atoms with E-state index in [-0.39, 0.29) is 6.03 Å². The maximum Gasteiger partial charge on any atom is 0.317 e. The lowest BCUT2D eigenvalue weighted by molar-refractivity contribution is 0.179. The lowest BCUT2D eigenvalue weighted by Crippen LogP contribution is -2.47. The number of hydrogen-bond donors (Lipinski definition) is 1. The quantitative estimate of drug-likeness (QED) is 0.835. The first-order valence-electron chi connectivity index (χ1n) is 8.37. The Labute approximate surface area is 133 Å². The second-order valence-electron chi connectivity index (χ2n) is 6.16. The standard InChI is InChI=1S/C16H29N5O/c1-4-19(11-12-20-9-6-8-18-20)16(22)17-13-15-7-5-10-21(15)14(2)3/h6,8-9,14-15H,4-5,7,10-13H2,1-3H3,(H,17,22)/t15-/m1/s1. The van der Waals surface area contributed by atoms with E-state index in [1.54, 1.807) is 6.20 Å². The molecule has 1 aromatic heterocycles. The number of nitrogens with one attached hydrogen (secondary N) is 1. The molecule has 0 radical (unpaired) electrons. The molecule has 1 aliphatic heterocycles. The van der Waals surface area contributed by atoms with Crippen LogP contribution in [0.1, 0.15) is 33.6 Å². The van der Waals surface area contributed by atoms with E-state index in [0.717, 1.165) is 19.6 Å². The van der Waals surface area contributed by atoms with Gasteiger partial charge in [0.2, 0.25) is 0 Å². The van der Waals surface area contributed by atoms with Crippen molar-refractivity contribution in [2.75, 3.05) is 26.2 Å². The van der Waals surface area contributed by atoms with Gasteiger partial charge >= 0.3 is 6.03 Å². The fourth-order valence-electron chi connectivity index (χ4n) is 3.13. The summed E-state index contributed by atoms with van der Waals surface area (Å²) in [6.07, 6.45) is 6.09. The van der Waals surface area contributed by atoms with Crippen molar-refractivity contribution in [1.82, 2.24) is 24.9 Å². The Morgan fingerprint density at radius 1 is 1.50 bits per heavy atom. The summed E-state index contributed by atoms with van der Waals surface area (Å²) in [4.78, 5) is 16.7. The Bertz CT molecular complexity index is 445. The van der Waals surface area contributed by atoms with Gasteiger partial charge in [0.25, 0.3) is 0 Å². The Balaban J connectivity index is 1.76. The number of amides is 2. The molecule has 6 heteroatoms. The molecule has 1 atom stereocenters. The van der Waals surface area contributed by atoms with Crippen molar-refractivity contribution in [3.63, 3.8) is 0 Å². The van der Waals surface area contributed by atoms with Crippen LogP contribution in [-0.4, -0.2) is 63.9 Å². The Hall–Kier alpha value is -1.56. The van der Waals surface area contributed by atoms with Crippen molar-refractivity contribution in [2.45, 2.75) is 52.2 Å². The Kier molecular flexibility index (Phi) is 6.24. The topological polar surface area (TPSA) is 53.4 Å². The predicted molar refractivity (Wildman–Crippen MR) is 87.7 cm³/mol. The first-order chi connectivity index (χ1) is 10.6. The first kappa shape index (κ1) is 16.8. The van der Waals surface area contributed by atoms with Gasteiger partial charge in [-0.1, -0.05) is 0 Å². The van der Waals surface area contributed by atoms with Crippen LogP contribution in [0.4, 0.5) is 4.79 Å². The molecule has 2 amide bonds. The van der Waals surface area contributed by atoms with Gasteiger partial charge in [0, 0.05) is 44.1 Å². The van der Waals surface area contributed by atoms with Crippen LogP contribution in [0.2, 0.25) is 0 Å². The third-order valence-electron chi connectivity index (χ3n) is 4.40. The number of hydrogen-bond acceptors (Lipinski definition) is 3. The summed E-state index contributed by atoms with van der Waals surface area (Å²) in [5.74, 6) is 0. The monoisotopic (exact) mass is 307 g/mol. The SMILES string of the molecule is CCN(CCn1cccn1)C(=O)NC[C@H]1CCCN1C(C)C. The molecular formula is C16H29N5O. The van der Waals surface area contributed by atoms with Gasteiger partial charge in [-0.25, -0.2) is 4.79 Å². The molecule has 0 spiro atoms. The van der Waals surface area contributed by atoms with E-state index < -0.39 is 0 Å². The molecule has 6 nitrogen and oxygen atoms in total. The summed E-state index contributed by atoms with van der Waals surface area (Å²) in [7, 11) is 0. The number of likely N-dealkylation sites (tertiary alicyclic amines) is 1. The highest BCUT2D eigenvalue weighted by Crippen LogP contribution is 2.19. The summed E-state index contributed by atoms with van der Waals surface area (Å²) in [5.41, 5.74) is 0. The minimum absolute atomic E-state index is 0.0327. The van der Waals surface area contributed by atoms with Gasteiger partial charge < -0.3 is 10.2 Å². The molecule has 2 rings (SSSR count). The number of aromatic nitrogens is 2. The van der Waals surface area contributed by atoms with E-state index in [1.165, 1.54) is 12.8 Å². The van der Waals surface area contributed by atoms with Crippen molar-refractivity contribution in [3.05, 3.63) is 18.5 Å². The van der Waals surface area contributed by atoms with Gasteiger partial charge in [0.1, 0.15) is 0 Å². The molecule has 124 valence electrons. The molecule has 1 N–H and O–H groups in total. The smallest absolute Gasteiger partial charge is 0.317 e. The van der Waals surface area contributed by atoms with Gasteiger partial charge in [-0.15, -0.1) is 0 Å². The van der Waals surface area contributed by atoms with E-state index in [4.69, 9.17) is 0 Å². The lowest BCUT2D eigenvalue weighted by atomic mass is 10.2. The summed E-state index contributed by atoms with van der Waals surface area (Å²) < 4.78 is 1.85. The average molecular weight is 307 g/mol. The van der Waals surface area contributed by atoms with Crippen molar-refractivity contribution in [3.8, 4) is 0 Å². The van der Waals surface area contributed by atoms with Crippen molar-refractivity contribution >= 4 is 6.03 Å². The number of nitrogens with zero attached hydrogens (tertiary/aromatic N) is 4. The lowest BCUT2D eigenvalue weighted by Gasteiger charge is -2.29. The number of carbonyl (C=O) groups excluding carboxylic acids is 1. The molecule has 0 unspecified atom stereocenters. The number of likely N-dealkylation sites (N-methyl/N-ethyl adjacent to an activating group) is 1. The number of urea groups is 1. The predicted octanol–water partition coefficient (Wildman–Crippen LogP) is 1.79. The Morgan fingerprint density at radius 2 is 2.32 bits per heavy atom. The summed E-state index contributed by atoms with van der Waals surface area (Å²) in [6.45, 7) is 10.5. The van der Waals surface area contributed by atoms with Gasteiger partial charge in [-0.2, -0.15) is 5.10 Å². The molecule has 2 heterocycles. The summed E-state index contributed by atoms with van der Waals surface area (Å²) in [6, 6.07) is 2.96. The first-order valence-corrected chi connectivity index (χ1v) is 8.37. The van der Waals surface area contributed by atoms with Gasteiger partial charge in [-0.3, -0.25) is 9.58 Å². The number of carbonyl (C=O) groups is 1. The van der Waals surface area contributed by atoms with E-state index in [2.05, 4.69) is 29.2 Å². The third kappa shape index (κ3) is 4.47. The molecule has 0 aliphatic carbocycles. The molecule has 0 bridgehead atoms. The average Bonchev–Trinajstić information content (AvgIpc) is 3.16. The highest BCUT2D eigenvalue weighted by molar-refractivity contribution is 5.74. The molecule has 1 saturated heterocycles. The molecule has 0 saturated carbocycles. The van der Waals surface area contributed by atoms with Crippen LogP contribution in [0.15, 0.2) is 18.5 Å². The Morgan fingerprint density at radius 3 is 2.95 bits per heavy atom. The van der Waals surface area contributed by atoms with Crippen molar-refractivity contribution < 1.29 is 4.79 Å². The fraction of sp³-hybridized carbons (Fsp3) is 0.750. The molecule has 1 aromatic rings. The van der Waals surface area contributed by atoms with Crippen molar-refractivity contribution in [2.24, 2.45) is 0 Å². The maximum absolute atomic E-state index is 12.3. The van der Waals surface area contributed by atoms with Crippen LogP contribution >= 0.6 is 0 Å². The molecular weight excluding hydrogens is 278 g/mol. The zero-order valence-electron chi connectivity index (χ0n) is 14.0. The minimum Gasteiger partial charge on any atom is -0.336 e. The second kappa shape index (κ2) is 8.17. The van der Waals surface area contributed by atoms with E-state index in [9.17, 15) is 4.79 Å². The van der Waals surface area contributed by atoms with Crippen LogP contribution < -0.4 is 5.32 Å². The molecule has 22 heavy (non-hydrogen) atoms. The van der Waals surface area contributed by atoms with Crippen LogP contribution in [0, 0.1) is 0 Å². The van der Waals surface area contributed by atoms with Gasteiger partial charge in [0.15, 0.2) is 0 Å². The number of rotatable bonds is 7. The largest absolute Gasteiger partial charge is 0.336 e. The van der Waals surface area contributed by atoms with Crippen LogP contribution in [0.3, 0.4) is 0 Å². The molecule has 0 aromatic carbocycles. The van der Waals surface area contributed by atoms with E-state index >= 15 is 0 Å². The zero-order chi connectivity index (χ0) is 15.9.